The fraction of sp³-hybridized carbons (Fsp3) is 0.368. The summed E-state index contributed by atoms with van der Waals surface area (Å²) in [5.74, 6) is 0.710. The van der Waals surface area contributed by atoms with Gasteiger partial charge in [-0.3, -0.25) is 9.78 Å². The van der Waals surface area contributed by atoms with Crippen molar-refractivity contribution in [2.24, 2.45) is 5.92 Å². The van der Waals surface area contributed by atoms with Gasteiger partial charge in [0.15, 0.2) is 0 Å². The van der Waals surface area contributed by atoms with Crippen LogP contribution < -0.4 is 9.80 Å². The third-order valence-corrected chi connectivity index (χ3v) is 4.56. The molecule has 23 heavy (non-hydrogen) atoms. The molecule has 1 aromatic carbocycles. The zero-order valence-corrected chi connectivity index (χ0v) is 13.8. The van der Waals surface area contributed by atoms with Crippen LogP contribution in [0.25, 0.3) is 0 Å². The zero-order valence-electron chi connectivity index (χ0n) is 13.8. The van der Waals surface area contributed by atoms with Crippen molar-refractivity contribution in [1.82, 2.24) is 4.98 Å². The van der Waals surface area contributed by atoms with E-state index in [-0.39, 0.29) is 5.91 Å². The smallest absolute Gasteiger partial charge is 0.276 e. The number of anilines is 2. The van der Waals surface area contributed by atoms with Gasteiger partial charge in [-0.1, -0.05) is 25.1 Å². The number of amides is 1. The molecule has 0 unspecified atom stereocenters. The molecule has 0 spiro atoms. The lowest BCUT2D eigenvalue weighted by atomic mass is 9.99. The molecule has 1 aliphatic rings. The molecule has 1 fully saturated rings. The van der Waals surface area contributed by atoms with E-state index < -0.39 is 0 Å². The molecule has 0 saturated carbocycles. The van der Waals surface area contributed by atoms with E-state index in [0.717, 1.165) is 30.4 Å². The Labute approximate surface area is 137 Å². The third-order valence-electron chi connectivity index (χ3n) is 4.56. The van der Waals surface area contributed by atoms with Crippen molar-refractivity contribution in [3.05, 3.63) is 54.4 Å². The third kappa shape index (κ3) is 3.52. The summed E-state index contributed by atoms with van der Waals surface area (Å²) in [5.41, 5.74) is 2.46. The highest BCUT2D eigenvalue weighted by Crippen LogP contribution is 2.23. The molecular weight excluding hydrogens is 286 g/mol. The molecule has 2 aromatic rings. The van der Waals surface area contributed by atoms with E-state index in [2.05, 4.69) is 16.8 Å². The van der Waals surface area contributed by atoms with Crippen molar-refractivity contribution in [3.63, 3.8) is 0 Å². The summed E-state index contributed by atoms with van der Waals surface area (Å²) in [5, 5.41) is 0. The first-order valence-corrected chi connectivity index (χ1v) is 8.19. The quantitative estimate of drug-likeness (QED) is 0.869. The first-order valence-electron chi connectivity index (χ1n) is 8.19. The molecule has 1 saturated heterocycles. The van der Waals surface area contributed by atoms with Gasteiger partial charge in [0, 0.05) is 37.7 Å². The molecule has 1 aliphatic heterocycles. The van der Waals surface area contributed by atoms with Crippen molar-refractivity contribution in [2.45, 2.75) is 19.8 Å². The van der Waals surface area contributed by atoms with Crippen LogP contribution in [0.15, 0.2) is 48.7 Å². The van der Waals surface area contributed by atoms with Crippen LogP contribution >= 0.6 is 0 Å². The van der Waals surface area contributed by atoms with Gasteiger partial charge < -0.3 is 9.80 Å². The monoisotopic (exact) mass is 309 g/mol. The molecule has 0 bridgehead atoms. The molecule has 1 aromatic heterocycles. The summed E-state index contributed by atoms with van der Waals surface area (Å²) in [7, 11) is 1.79. The van der Waals surface area contributed by atoms with Crippen molar-refractivity contribution in [3.8, 4) is 0 Å². The molecule has 0 aliphatic carbocycles. The normalized spacial score (nSPS) is 15.5. The van der Waals surface area contributed by atoms with E-state index in [1.807, 2.05) is 42.5 Å². The number of pyridine rings is 1. The molecule has 4 heteroatoms. The van der Waals surface area contributed by atoms with E-state index >= 15 is 0 Å². The van der Waals surface area contributed by atoms with E-state index in [0.29, 0.717) is 5.69 Å². The van der Waals surface area contributed by atoms with E-state index in [9.17, 15) is 4.79 Å². The van der Waals surface area contributed by atoms with Gasteiger partial charge in [-0.25, -0.2) is 0 Å². The Morgan fingerprint density at radius 2 is 1.87 bits per heavy atom. The maximum atomic E-state index is 12.7. The lowest BCUT2D eigenvalue weighted by molar-refractivity contribution is 0.0988. The van der Waals surface area contributed by atoms with Crippen LogP contribution in [-0.2, 0) is 0 Å². The Morgan fingerprint density at radius 1 is 1.17 bits per heavy atom. The molecule has 0 atom stereocenters. The number of carbonyl (C=O) groups is 1. The predicted molar refractivity (Wildman–Crippen MR) is 94.0 cm³/mol. The minimum atomic E-state index is -0.0802. The van der Waals surface area contributed by atoms with Crippen molar-refractivity contribution >= 4 is 17.3 Å². The largest absolute Gasteiger partial charge is 0.371 e. The Kier molecular flexibility index (Phi) is 4.60. The number of nitrogens with zero attached hydrogens (tertiary/aromatic N) is 3. The van der Waals surface area contributed by atoms with Gasteiger partial charge in [-0.15, -0.1) is 0 Å². The number of hydrogen-bond acceptors (Lipinski definition) is 3. The number of carbonyl (C=O) groups excluding carboxylic acids is 1. The van der Waals surface area contributed by atoms with Gasteiger partial charge in [0.05, 0.1) is 0 Å². The fourth-order valence-electron chi connectivity index (χ4n) is 2.94. The van der Waals surface area contributed by atoms with Gasteiger partial charge >= 0.3 is 0 Å². The van der Waals surface area contributed by atoms with Crippen LogP contribution in [0.5, 0.6) is 0 Å². The minimum Gasteiger partial charge on any atom is -0.371 e. The number of piperidine rings is 1. The lowest BCUT2D eigenvalue weighted by Crippen LogP contribution is -2.33. The minimum absolute atomic E-state index is 0.0802. The van der Waals surface area contributed by atoms with Crippen molar-refractivity contribution < 1.29 is 4.79 Å². The molecule has 1 amide bonds. The van der Waals surface area contributed by atoms with E-state index in [1.165, 1.54) is 12.8 Å². The fourth-order valence-corrected chi connectivity index (χ4v) is 2.94. The zero-order chi connectivity index (χ0) is 16.2. The highest BCUT2D eigenvalue weighted by Gasteiger charge is 2.19. The van der Waals surface area contributed by atoms with Gasteiger partial charge in [0.1, 0.15) is 5.69 Å². The highest BCUT2D eigenvalue weighted by atomic mass is 16.2. The van der Waals surface area contributed by atoms with Gasteiger partial charge in [0.25, 0.3) is 5.91 Å². The number of rotatable bonds is 3. The van der Waals surface area contributed by atoms with Crippen LogP contribution in [0.2, 0.25) is 0 Å². The van der Waals surface area contributed by atoms with Gasteiger partial charge in [-0.2, -0.15) is 0 Å². The topological polar surface area (TPSA) is 36.4 Å². The molecule has 3 rings (SSSR count). The number of aromatic nitrogens is 1. The molecule has 2 heterocycles. The summed E-state index contributed by atoms with van der Waals surface area (Å²) in [6.07, 6.45) is 4.14. The van der Waals surface area contributed by atoms with Crippen LogP contribution in [0.3, 0.4) is 0 Å². The maximum absolute atomic E-state index is 12.7. The molecular formula is C19H23N3O. The standard InChI is InChI=1S/C19H23N3O/c1-15-9-12-22(13-10-15)17-8-11-20-18(14-17)19(23)21(2)16-6-4-3-5-7-16/h3-8,11,14-15H,9-10,12-13H2,1-2H3. The Balaban J connectivity index is 1.78. The molecule has 4 nitrogen and oxygen atoms in total. The van der Waals surface area contributed by atoms with Crippen LogP contribution in [0.1, 0.15) is 30.3 Å². The van der Waals surface area contributed by atoms with Crippen LogP contribution in [-0.4, -0.2) is 31.0 Å². The Bertz CT molecular complexity index is 663. The van der Waals surface area contributed by atoms with E-state index in [4.69, 9.17) is 0 Å². The SMILES string of the molecule is CC1CCN(c2ccnc(C(=O)N(C)c3ccccc3)c2)CC1. The summed E-state index contributed by atoms with van der Waals surface area (Å²) >= 11 is 0. The number of para-hydroxylation sites is 1. The average molecular weight is 309 g/mol. The number of hydrogen-bond donors (Lipinski definition) is 0. The summed E-state index contributed by atoms with van der Waals surface area (Å²) in [6.45, 7) is 4.40. The number of benzene rings is 1. The van der Waals surface area contributed by atoms with E-state index in [1.54, 1.807) is 18.1 Å². The molecule has 0 radical (unpaired) electrons. The Morgan fingerprint density at radius 3 is 2.57 bits per heavy atom. The summed E-state index contributed by atoms with van der Waals surface area (Å²) in [6, 6.07) is 13.6. The van der Waals surface area contributed by atoms with Crippen molar-refractivity contribution in [2.75, 3.05) is 29.9 Å². The Hall–Kier alpha value is -2.36. The summed E-state index contributed by atoms with van der Waals surface area (Å²) < 4.78 is 0. The molecule has 0 N–H and O–H groups in total. The maximum Gasteiger partial charge on any atom is 0.276 e. The molecule has 120 valence electrons. The first kappa shape index (κ1) is 15.5. The van der Waals surface area contributed by atoms with Gasteiger partial charge in [0.2, 0.25) is 0 Å². The predicted octanol–water partition coefficient (Wildman–Crippen LogP) is 3.59. The highest BCUT2D eigenvalue weighted by molar-refractivity contribution is 6.04. The van der Waals surface area contributed by atoms with Gasteiger partial charge in [-0.05, 0) is 43.0 Å². The van der Waals surface area contributed by atoms with Crippen molar-refractivity contribution in [1.29, 1.82) is 0 Å². The summed E-state index contributed by atoms with van der Waals surface area (Å²) in [4.78, 5) is 20.9. The van der Waals surface area contributed by atoms with Crippen LogP contribution in [0, 0.1) is 5.92 Å². The van der Waals surface area contributed by atoms with Crippen LogP contribution in [0.4, 0.5) is 11.4 Å². The second kappa shape index (κ2) is 6.82. The second-order valence-electron chi connectivity index (χ2n) is 6.27. The lowest BCUT2D eigenvalue weighted by Gasteiger charge is -2.32. The second-order valence-corrected chi connectivity index (χ2v) is 6.27. The first-order chi connectivity index (χ1) is 11.1. The average Bonchev–Trinajstić information content (AvgIpc) is 2.62.